The molecule has 3 heteroatoms. The van der Waals surface area contributed by atoms with Gasteiger partial charge in [-0.25, -0.2) is 0 Å². The second kappa shape index (κ2) is 5.23. The van der Waals surface area contributed by atoms with Crippen LogP contribution in [0.15, 0.2) is 22.8 Å². The van der Waals surface area contributed by atoms with E-state index in [-0.39, 0.29) is 6.04 Å². The van der Waals surface area contributed by atoms with Crippen LogP contribution in [0.2, 0.25) is 0 Å². The highest BCUT2D eigenvalue weighted by atomic mass is 16.3. The van der Waals surface area contributed by atoms with Crippen LogP contribution in [0, 0.1) is 5.41 Å². The van der Waals surface area contributed by atoms with Gasteiger partial charge in [-0.3, -0.25) is 4.90 Å². The van der Waals surface area contributed by atoms with Gasteiger partial charge in [-0.2, -0.15) is 0 Å². The zero-order chi connectivity index (χ0) is 12.3. The van der Waals surface area contributed by atoms with E-state index in [0.29, 0.717) is 12.0 Å². The summed E-state index contributed by atoms with van der Waals surface area (Å²) in [6.45, 7) is 7.54. The lowest BCUT2D eigenvalue weighted by Gasteiger charge is -2.29. The molecule has 1 aliphatic heterocycles. The van der Waals surface area contributed by atoms with Crippen LogP contribution in [-0.2, 0) is 0 Å². The maximum Gasteiger partial charge on any atom is 0.122 e. The molecule has 1 aromatic heterocycles. The predicted molar refractivity (Wildman–Crippen MR) is 69.7 cm³/mol. The van der Waals surface area contributed by atoms with Gasteiger partial charge in [0.15, 0.2) is 0 Å². The quantitative estimate of drug-likeness (QED) is 0.854. The van der Waals surface area contributed by atoms with Gasteiger partial charge in [0.05, 0.1) is 12.3 Å². The van der Waals surface area contributed by atoms with Gasteiger partial charge in [0.2, 0.25) is 0 Å². The maximum absolute atomic E-state index is 5.91. The van der Waals surface area contributed by atoms with E-state index in [0.717, 1.165) is 18.8 Å². The largest absolute Gasteiger partial charge is 0.468 e. The molecule has 1 saturated heterocycles. The number of rotatable bonds is 5. The zero-order valence-corrected chi connectivity index (χ0v) is 11.0. The molecule has 1 atom stereocenters. The molecule has 0 amide bonds. The Morgan fingerprint density at radius 1 is 1.47 bits per heavy atom. The normalized spacial score (nSPS) is 21.8. The molecule has 2 N–H and O–H groups in total. The van der Waals surface area contributed by atoms with Gasteiger partial charge in [-0.15, -0.1) is 0 Å². The molecule has 2 rings (SSSR count). The smallest absolute Gasteiger partial charge is 0.122 e. The summed E-state index contributed by atoms with van der Waals surface area (Å²) >= 11 is 0. The summed E-state index contributed by atoms with van der Waals surface area (Å²) in [6.07, 6.45) is 5.54. The van der Waals surface area contributed by atoms with Gasteiger partial charge >= 0.3 is 0 Å². The zero-order valence-electron chi connectivity index (χ0n) is 11.0. The van der Waals surface area contributed by atoms with E-state index in [1.54, 1.807) is 6.26 Å². The molecule has 1 unspecified atom stereocenters. The van der Waals surface area contributed by atoms with E-state index >= 15 is 0 Å². The molecule has 0 saturated carbocycles. The van der Waals surface area contributed by atoms with Crippen molar-refractivity contribution in [2.75, 3.05) is 19.6 Å². The van der Waals surface area contributed by atoms with Gasteiger partial charge in [-0.05, 0) is 43.4 Å². The maximum atomic E-state index is 5.91. The Morgan fingerprint density at radius 3 is 2.71 bits per heavy atom. The number of hydrogen-bond donors (Lipinski definition) is 1. The van der Waals surface area contributed by atoms with Crippen LogP contribution in [0.4, 0.5) is 0 Å². The molecule has 17 heavy (non-hydrogen) atoms. The third-order valence-corrected chi connectivity index (χ3v) is 4.50. The number of furan rings is 1. The van der Waals surface area contributed by atoms with Crippen molar-refractivity contribution >= 4 is 0 Å². The summed E-state index contributed by atoms with van der Waals surface area (Å²) in [5.74, 6) is 1.01. The molecule has 1 aromatic rings. The third-order valence-electron chi connectivity index (χ3n) is 4.50. The minimum atomic E-state index is 0.255. The summed E-state index contributed by atoms with van der Waals surface area (Å²) in [7, 11) is 0. The predicted octanol–water partition coefficient (Wildman–Crippen LogP) is 2.79. The molecule has 0 radical (unpaired) electrons. The molecule has 0 spiro atoms. The Morgan fingerprint density at radius 2 is 2.24 bits per heavy atom. The molecular weight excluding hydrogens is 212 g/mol. The first-order valence-corrected chi connectivity index (χ1v) is 6.72. The highest BCUT2D eigenvalue weighted by Gasteiger charge is 2.38. The van der Waals surface area contributed by atoms with Gasteiger partial charge in [0, 0.05) is 13.1 Å². The molecule has 2 heterocycles. The third kappa shape index (κ3) is 2.40. The number of likely N-dealkylation sites (tertiary alicyclic amines) is 1. The van der Waals surface area contributed by atoms with Crippen LogP contribution >= 0.6 is 0 Å². The van der Waals surface area contributed by atoms with E-state index in [1.807, 2.05) is 12.1 Å². The lowest BCUT2D eigenvalue weighted by molar-refractivity contribution is 0.180. The monoisotopic (exact) mass is 236 g/mol. The molecule has 1 fully saturated rings. The molecule has 0 aromatic carbocycles. The van der Waals surface area contributed by atoms with Crippen molar-refractivity contribution in [1.29, 1.82) is 0 Å². The summed E-state index contributed by atoms with van der Waals surface area (Å²) in [6, 6.07) is 4.24. The van der Waals surface area contributed by atoms with E-state index < -0.39 is 0 Å². The van der Waals surface area contributed by atoms with E-state index in [9.17, 15) is 0 Å². The first kappa shape index (κ1) is 12.7. The first-order valence-electron chi connectivity index (χ1n) is 6.72. The highest BCUT2D eigenvalue weighted by molar-refractivity contribution is 5.07. The van der Waals surface area contributed by atoms with Crippen molar-refractivity contribution in [1.82, 2.24) is 4.90 Å². The number of nitrogens with zero attached hydrogens (tertiary/aromatic N) is 1. The van der Waals surface area contributed by atoms with Crippen LogP contribution in [-0.4, -0.2) is 24.5 Å². The first-order chi connectivity index (χ1) is 8.24. The summed E-state index contributed by atoms with van der Waals surface area (Å²) in [5, 5.41) is 0. The van der Waals surface area contributed by atoms with Gasteiger partial charge in [0.1, 0.15) is 5.76 Å². The van der Waals surface area contributed by atoms with Crippen molar-refractivity contribution in [2.24, 2.45) is 11.1 Å². The molecule has 3 nitrogen and oxygen atoms in total. The van der Waals surface area contributed by atoms with Gasteiger partial charge in [0.25, 0.3) is 0 Å². The summed E-state index contributed by atoms with van der Waals surface area (Å²) < 4.78 is 5.51. The molecule has 1 aliphatic rings. The Bertz CT molecular complexity index is 330. The van der Waals surface area contributed by atoms with Gasteiger partial charge < -0.3 is 10.2 Å². The van der Waals surface area contributed by atoms with Crippen molar-refractivity contribution in [3.8, 4) is 0 Å². The SMILES string of the molecule is CCC1(CC)CCN(C(CN)c2ccco2)C1. The fourth-order valence-corrected chi connectivity index (χ4v) is 2.99. The number of nitrogens with two attached hydrogens (primary N) is 1. The molecule has 96 valence electrons. The van der Waals surface area contributed by atoms with E-state index in [1.165, 1.54) is 19.3 Å². The summed E-state index contributed by atoms with van der Waals surface area (Å²) in [5.41, 5.74) is 6.41. The minimum Gasteiger partial charge on any atom is -0.468 e. The van der Waals surface area contributed by atoms with Crippen LogP contribution in [0.5, 0.6) is 0 Å². The van der Waals surface area contributed by atoms with Gasteiger partial charge in [-0.1, -0.05) is 13.8 Å². The fourth-order valence-electron chi connectivity index (χ4n) is 2.99. The van der Waals surface area contributed by atoms with E-state index in [4.69, 9.17) is 10.2 Å². The fraction of sp³-hybridized carbons (Fsp3) is 0.714. The van der Waals surface area contributed by atoms with Crippen molar-refractivity contribution in [3.63, 3.8) is 0 Å². The van der Waals surface area contributed by atoms with Crippen molar-refractivity contribution < 1.29 is 4.42 Å². The van der Waals surface area contributed by atoms with Crippen molar-refractivity contribution in [2.45, 2.75) is 39.2 Å². The number of hydrogen-bond acceptors (Lipinski definition) is 3. The van der Waals surface area contributed by atoms with Crippen LogP contribution in [0.3, 0.4) is 0 Å². The molecule has 0 bridgehead atoms. The van der Waals surface area contributed by atoms with Crippen molar-refractivity contribution in [3.05, 3.63) is 24.2 Å². The highest BCUT2D eigenvalue weighted by Crippen LogP contribution is 2.40. The second-order valence-electron chi connectivity index (χ2n) is 5.19. The minimum absolute atomic E-state index is 0.255. The lowest BCUT2D eigenvalue weighted by Crippen LogP contribution is -2.34. The standard InChI is InChI=1S/C14H24N2O/c1-3-14(4-2)7-8-16(11-14)12(10-15)13-6-5-9-17-13/h5-6,9,12H,3-4,7-8,10-11,15H2,1-2H3. The van der Waals surface area contributed by atoms with Crippen LogP contribution < -0.4 is 5.73 Å². The van der Waals surface area contributed by atoms with E-state index in [2.05, 4.69) is 18.7 Å². The Kier molecular flexibility index (Phi) is 3.89. The Hall–Kier alpha value is -0.800. The molecular formula is C14H24N2O. The summed E-state index contributed by atoms with van der Waals surface area (Å²) in [4.78, 5) is 2.49. The average Bonchev–Trinajstić information content (AvgIpc) is 3.00. The second-order valence-corrected chi connectivity index (χ2v) is 5.19. The van der Waals surface area contributed by atoms with Crippen LogP contribution in [0.25, 0.3) is 0 Å². The van der Waals surface area contributed by atoms with Crippen LogP contribution in [0.1, 0.15) is 44.9 Å². The topological polar surface area (TPSA) is 42.4 Å². The average molecular weight is 236 g/mol. The lowest BCUT2D eigenvalue weighted by atomic mass is 9.82. The Balaban J connectivity index is 2.08. The molecule has 0 aliphatic carbocycles. The Labute approximate surface area is 104 Å².